The summed E-state index contributed by atoms with van der Waals surface area (Å²) < 4.78 is 12.0. The van der Waals surface area contributed by atoms with Crippen LogP contribution in [0, 0.1) is 0 Å². The van der Waals surface area contributed by atoms with Crippen LogP contribution in [-0.4, -0.2) is 22.8 Å². The molecule has 3 aliphatic carbocycles. The Hall–Kier alpha value is -19.2. The second-order valence-corrected chi connectivity index (χ2v) is 39.5. The minimum atomic E-state index is -0.359. The van der Waals surface area contributed by atoms with Crippen molar-refractivity contribution in [2.24, 2.45) is 0 Å². The summed E-state index contributed by atoms with van der Waals surface area (Å²) in [7, 11) is 0. The van der Waals surface area contributed by atoms with Gasteiger partial charge >= 0.3 is 0 Å². The zero-order chi connectivity index (χ0) is 96.5. The van der Waals surface area contributed by atoms with Crippen LogP contribution in [0.25, 0.3) is 237 Å². The molecule has 1 unspecified atom stereocenters. The molecule has 0 saturated carbocycles. The lowest BCUT2D eigenvalue weighted by Crippen LogP contribution is -2.26. The average molecular weight is 1870 g/mol. The predicted octanol–water partition coefficient (Wildman–Crippen LogP) is 37.0. The number of hydrogen-bond donors (Lipinski definition) is 0. The van der Waals surface area contributed by atoms with E-state index in [1.165, 1.54) is 276 Å². The zero-order valence-corrected chi connectivity index (χ0v) is 80.3. The fourth-order valence-electron chi connectivity index (χ4n) is 25.6. The second kappa shape index (κ2) is 33.5. The lowest BCUT2D eigenvalue weighted by molar-refractivity contribution is 0.790. The Kier molecular flexibility index (Phi) is 19.0. The van der Waals surface area contributed by atoms with Crippen LogP contribution in [-0.2, 0) is 5.41 Å². The molecule has 32 rings (SSSR count). The van der Waals surface area contributed by atoms with Crippen LogP contribution in [0.15, 0.2) is 546 Å². The minimum absolute atomic E-state index is 0.134. The third-order valence-electron chi connectivity index (χ3n) is 31.9. The van der Waals surface area contributed by atoms with E-state index in [-0.39, 0.29) is 11.3 Å². The van der Waals surface area contributed by atoms with E-state index in [4.69, 9.17) is 0 Å². The summed E-state index contributed by atoms with van der Waals surface area (Å²) in [4.78, 5) is 0. The van der Waals surface area contributed by atoms with Crippen LogP contribution < -0.4 is 0 Å². The molecule has 5 nitrogen and oxygen atoms in total. The summed E-state index contributed by atoms with van der Waals surface area (Å²) in [6.45, 7) is 0. The maximum atomic E-state index is 2.56. The Morgan fingerprint density at radius 1 is 0.150 bits per heavy atom. The first-order chi connectivity index (χ1) is 73.0. The van der Waals surface area contributed by atoms with E-state index in [1.807, 2.05) is 0 Å². The zero-order valence-electron chi connectivity index (χ0n) is 80.3. The van der Waals surface area contributed by atoms with Gasteiger partial charge in [-0.2, -0.15) is 0 Å². The van der Waals surface area contributed by atoms with E-state index in [0.717, 1.165) is 0 Å². The number of fused-ring (bicyclic) bond motifs is 32. The summed E-state index contributed by atoms with van der Waals surface area (Å²) in [6, 6.07) is 201. The third kappa shape index (κ3) is 12.9. The first kappa shape index (κ1) is 83.6. The fraction of sp³-hybridized carbons (Fsp3) is 0.0141. The van der Waals surface area contributed by atoms with Gasteiger partial charge in [-0.25, -0.2) is 0 Å². The molecule has 0 amide bonds. The Balaban J connectivity index is 0.000000103. The van der Waals surface area contributed by atoms with Gasteiger partial charge < -0.3 is 22.8 Å². The van der Waals surface area contributed by atoms with Crippen molar-refractivity contribution in [2.75, 3.05) is 0 Å². The molecule has 147 heavy (non-hydrogen) atoms. The Morgan fingerprint density at radius 3 is 0.986 bits per heavy atom. The number of benzene rings is 24. The van der Waals surface area contributed by atoms with E-state index in [1.54, 1.807) is 0 Å². The fourth-order valence-corrected chi connectivity index (χ4v) is 25.6. The topological polar surface area (TPSA) is 24.6 Å². The molecule has 24 aromatic carbocycles. The monoisotopic (exact) mass is 1870 g/mol. The first-order valence-electron chi connectivity index (χ1n) is 51.0. The number of rotatable bonds is 10. The molecule has 5 heterocycles. The summed E-state index contributed by atoms with van der Waals surface area (Å²) >= 11 is 0. The second-order valence-electron chi connectivity index (χ2n) is 39.5. The third-order valence-corrected chi connectivity index (χ3v) is 31.9. The van der Waals surface area contributed by atoms with E-state index in [2.05, 4.69) is 569 Å². The molecule has 29 aromatic rings. The first-order valence-corrected chi connectivity index (χ1v) is 51.0. The molecule has 0 bridgehead atoms. The Morgan fingerprint density at radius 2 is 0.476 bits per heavy atom. The molecule has 1 spiro atoms. The van der Waals surface area contributed by atoms with Crippen molar-refractivity contribution in [1.29, 1.82) is 0 Å². The number of para-hydroxylation sites is 8. The summed E-state index contributed by atoms with van der Waals surface area (Å²) in [5.41, 5.74) is 45.2. The van der Waals surface area contributed by atoms with E-state index in [0.29, 0.717) is 0 Å². The van der Waals surface area contributed by atoms with Gasteiger partial charge in [0.1, 0.15) is 0 Å². The van der Waals surface area contributed by atoms with Crippen LogP contribution >= 0.6 is 0 Å². The van der Waals surface area contributed by atoms with Crippen LogP contribution in [0.2, 0.25) is 0 Å². The van der Waals surface area contributed by atoms with Gasteiger partial charge in [0.05, 0.1) is 60.6 Å². The van der Waals surface area contributed by atoms with E-state index in [9.17, 15) is 0 Å². The van der Waals surface area contributed by atoms with Crippen LogP contribution in [0.5, 0.6) is 0 Å². The summed E-state index contributed by atoms with van der Waals surface area (Å²) in [5.74, 6) is 0.134. The van der Waals surface area contributed by atoms with Crippen LogP contribution in [0.1, 0.15) is 44.9 Å². The van der Waals surface area contributed by atoms with E-state index >= 15 is 0 Å². The van der Waals surface area contributed by atoms with Crippen molar-refractivity contribution in [3.05, 3.63) is 585 Å². The van der Waals surface area contributed by atoms with Crippen molar-refractivity contribution >= 4 is 131 Å². The smallest absolute Gasteiger partial charge is 0.0725 e. The molecule has 0 saturated heterocycles. The molecule has 0 radical (unpaired) electrons. The molecule has 0 aliphatic heterocycles. The Bertz CT molecular complexity index is 10400. The molecule has 5 aromatic heterocycles. The van der Waals surface area contributed by atoms with Crippen LogP contribution in [0.4, 0.5) is 0 Å². The van der Waals surface area contributed by atoms with Crippen molar-refractivity contribution in [3.8, 4) is 106 Å². The number of aromatic nitrogens is 5. The highest BCUT2D eigenvalue weighted by Crippen LogP contribution is 2.64. The van der Waals surface area contributed by atoms with Gasteiger partial charge in [0.2, 0.25) is 0 Å². The molecule has 3 aliphatic rings. The molecular formula is C142H91N5. The van der Waals surface area contributed by atoms with Crippen molar-refractivity contribution in [1.82, 2.24) is 22.8 Å². The Labute approximate surface area is 849 Å². The highest BCUT2D eigenvalue weighted by atomic mass is 15.0. The highest BCUT2D eigenvalue weighted by Gasteiger charge is 2.52. The number of nitrogens with zero attached hydrogens (tertiary/aromatic N) is 5. The quantitative estimate of drug-likeness (QED) is 0.130. The van der Waals surface area contributed by atoms with Gasteiger partial charge in [-0.3, -0.25) is 0 Å². The maximum absolute atomic E-state index is 2.56. The van der Waals surface area contributed by atoms with Crippen molar-refractivity contribution in [3.63, 3.8) is 0 Å². The molecule has 0 fully saturated rings. The lowest BCUT2D eigenvalue weighted by atomic mass is 9.70. The average Bonchev–Trinajstić information content (AvgIpc) is 1.50. The normalized spacial score (nSPS) is 13.0. The molecule has 684 valence electrons. The van der Waals surface area contributed by atoms with Crippen molar-refractivity contribution in [2.45, 2.75) is 11.3 Å². The summed E-state index contributed by atoms with van der Waals surface area (Å²) in [6.07, 6.45) is 0. The van der Waals surface area contributed by atoms with Gasteiger partial charge in [-0.15, -0.1) is 0 Å². The highest BCUT2D eigenvalue weighted by molar-refractivity contribution is 6.25. The minimum Gasteiger partial charge on any atom is -0.309 e. The molecular weight excluding hydrogens is 1780 g/mol. The standard InChI is InChI=1S/C56H35N.C46H30N2.C40H26N2/c1-2-14-38(15-3-1)57-53-25-13-9-20-44(53)48-33-36(28-31-54(48)57)35-26-30-46-47(32-35)39-16-4-5-21-45(39)55(46)37-27-29-43-42-19-8-12-24-51(42)56(52(43)34-37)49-22-10-6-17-40(49)41-18-7-11-23-50(41)56;1-4-12-31(13-5-1)33-21-24-42-39(28-33)40-29-34(22-25-43(40)47(42)36-15-6-2-7-16-36)35-23-26-44-41(30-35)46-38-19-11-10-14-32(38)20-27-45(46)48(44)37-17-8-3-9-18-37;1-3-13-28(14-4-1)41-37-21-11-9-18-31(37)35-25-27(23-24-39(35)41)34-26-36-32-19-10-12-22-38(32)42(29-15-5-2-6-16-29)40(36)33-20-8-7-17-30(33)34/h1-34,55H;1-30H;1-26H. The maximum Gasteiger partial charge on any atom is 0.0725 e. The number of hydrogen-bond acceptors (Lipinski definition) is 0. The van der Waals surface area contributed by atoms with Gasteiger partial charge in [-0.05, 0) is 291 Å². The largest absolute Gasteiger partial charge is 0.309 e. The molecule has 1 atom stereocenters. The SMILES string of the molecule is c1ccc(-c2ccc3c(c2)c2cc(-c4ccc5c(c4)c4c6ccccc6ccc4n5-c4ccccc4)ccc2n3-c2ccccc2)cc1.c1ccc(-n2c3ccccc3c3cc(-c4cc5c6ccccc6n(-c6ccccc6)c5c5ccccc45)ccc32)cc1.c1ccc(-n2c3ccccc3c3cc(-c4ccc5c(c4)-c4ccccc4C5c4ccc5c(c4)C4(c6ccccc6-c6ccccc64)c4ccccc4-5)ccc32)cc1. The predicted molar refractivity (Wildman–Crippen MR) is 617 cm³/mol. The van der Waals surface area contributed by atoms with Gasteiger partial charge in [-0.1, -0.05) is 388 Å². The molecule has 5 heteroatoms. The van der Waals surface area contributed by atoms with Crippen molar-refractivity contribution < 1.29 is 0 Å². The lowest BCUT2D eigenvalue weighted by Gasteiger charge is -2.31. The van der Waals surface area contributed by atoms with Gasteiger partial charge in [0, 0.05) is 93.6 Å². The van der Waals surface area contributed by atoms with E-state index < -0.39 is 0 Å². The van der Waals surface area contributed by atoms with Gasteiger partial charge in [0.15, 0.2) is 0 Å². The summed E-state index contributed by atoms with van der Waals surface area (Å²) in [5, 5.41) is 17.7. The van der Waals surface area contributed by atoms with Gasteiger partial charge in [0.25, 0.3) is 0 Å². The molecule has 0 N–H and O–H groups in total. The van der Waals surface area contributed by atoms with Crippen LogP contribution in [0.3, 0.4) is 0 Å².